The standard InChI is InChI=1S/C19H27N3O3/c23-18(21-12-14-7-9-20-10-8-14)15-3-5-16(6-4-15)19(24)22-13-17-2-1-11-25-17/h7-10,15-17H,1-6,11-13H2,(H,21,23)(H,22,24). The summed E-state index contributed by atoms with van der Waals surface area (Å²) >= 11 is 0. The highest BCUT2D eigenvalue weighted by Gasteiger charge is 2.30. The molecule has 2 heterocycles. The van der Waals surface area contributed by atoms with Crippen molar-refractivity contribution in [2.75, 3.05) is 13.2 Å². The van der Waals surface area contributed by atoms with Crippen molar-refractivity contribution >= 4 is 11.8 Å². The number of pyridine rings is 1. The third kappa shape index (κ3) is 5.26. The van der Waals surface area contributed by atoms with Gasteiger partial charge >= 0.3 is 0 Å². The van der Waals surface area contributed by atoms with E-state index in [1.54, 1.807) is 12.4 Å². The van der Waals surface area contributed by atoms with E-state index in [0.29, 0.717) is 13.1 Å². The number of hydrogen-bond acceptors (Lipinski definition) is 4. The van der Waals surface area contributed by atoms with E-state index in [1.165, 1.54) is 0 Å². The van der Waals surface area contributed by atoms with Gasteiger partial charge < -0.3 is 15.4 Å². The van der Waals surface area contributed by atoms with Crippen LogP contribution in [0.3, 0.4) is 0 Å². The number of carbonyl (C=O) groups is 2. The molecule has 2 fully saturated rings. The number of aromatic nitrogens is 1. The Morgan fingerprint density at radius 3 is 2.24 bits per heavy atom. The Balaban J connectivity index is 1.35. The summed E-state index contributed by atoms with van der Waals surface area (Å²) in [6.45, 7) is 1.95. The van der Waals surface area contributed by atoms with Crippen LogP contribution >= 0.6 is 0 Å². The molecule has 1 aromatic heterocycles. The van der Waals surface area contributed by atoms with Crippen LogP contribution in [0.4, 0.5) is 0 Å². The summed E-state index contributed by atoms with van der Waals surface area (Å²) in [5, 5.41) is 6.01. The summed E-state index contributed by atoms with van der Waals surface area (Å²) in [6, 6.07) is 3.80. The molecular weight excluding hydrogens is 318 g/mol. The van der Waals surface area contributed by atoms with E-state index in [4.69, 9.17) is 4.74 Å². The summed E-state index contributed by atoms with van der Waals surface area (Å²) in [5.74, 6) is 0.260. The van der Waals surface area contributed by atoms with Gasteiger partial charge in [0.15, 0.2) is 0 Å². The van der Waals surface area contributed by atoms with Crippen LogP contribution in [-0.2, 0) is 20.9 Å². The van der Waals surface area contributed by atoms with Crippen molar-refractivity contribution in [3.63, 3.8) is 0 Å². The lowest BCUT2D eigenvalue weighted by Gasteiger charge is -2.27. The lowest BCUT2D eigenvalue weighted by atomic mass is 9.81. The van der Waals surface area contributed by atoms with Crippen molar-refractivity contribution in [1.29, 1.82) is 0 Å². The highest BCUT2D eigenvalue weighted by atomic mass is 16.5. The first-order valence-corrected chi connectivity index (χ1v) is 9.28. The monoisotopic (exact) mass is 345 g/mol. The van der Waals surface area contributed by atoms with E-state index in [9.17, 15) is 9.59 Å². The molecule has 1 saturated carbocycles. The van der Waals surface area contributed by atoms with Gasteiger partial charge in [-0.3, -0.25) is 14.6 Å². The number of nitrogens with zero attached hydrogens (tertiary/aromatic N) is 1. The van der Waals surface area contributed by atoms with Crippen molar-refractivity contribution in [3.05, 3.63) is 30.1 Å². The molecule has 0 radical (unpaired) electrons. The van der Waals surface area contributed by atoms with Crippen LogP contribution in [-0.4, -0.2) is 36.1 Å². The van der Waals surface area contributed by atoms with Gasteiger partial charge in [0.25, 0.3) is 0 Å². The molecule has 2 amide bonds. The molecule has 6 heteroatoms. The Kier molecular flexibility index (Phi) is 6.39. The van der Waals surface area contributed by atoms with Crippen molar-refractivity contribution in [2.24, 2.45) is 11.8 Å². The molecule has 2 aliphatic rings. The van der Waals surface area contributed by atoms with E-state index in [0.717, 1.165) is 50.7 Å². The van der Waals surface area contributed by atoms with Gasteiger partial charge in [0, 0.05) is 43.9 Å². The minimum absolute atomic E-state index is 0.0176. The number of ether oxygens (including phenoxy) is 1. The lowest BCUT2D eigenvalue weighted by molar-refractivity contribution is -0.130. The fourth-order valence-corrected chi connectivity index (χ4v) is 3.62. The van der Waals surface area contributed by atoms with Gasteiger partial charge in [0.1, 0.15) is 0 Å². The Morgan fingerprint density at radius 2 is 1.64 bits per heavy atom. The molecule has 1 atom stereocenters. The summed E-state index contributed by atoms with van der Waals surface area (Å²) in [7, 11) is 0. The molecule has 1 aliphatic carbocycles. The topological polar surface area (TPSA) is 80.3 Å². The molecule has 0 spiro atoms. The molecule has 3 rings (SSSR count). The predicted octanol–water partition coefficient (Wildman–Crippen LogP) is 1.80. The largest absolute Gasteiger partial charge is 0.376 e. The van der Waals surface area contributed by atoms with Gasteiger partial charge in [0.05, 0.1) is 6.10 Å². The fraction of sp³-hybridized carbons (Fsp3) is 0.632. The first kappa shape index (κ1) is 17.9. The van der Waals surface area contributed by atoms with Gasteiger partial charge in [-0.05, 0) is 56.2 Å². The van der Waals surface area contributed by atoms with Crippen LogP contribution < -0.4 is 10.6 Å². The van der Waals surface area contributed by atoms with Crippen LogP contribution in [0.5, 0.6) is 0 Å². The Labute approximate surface area is 148 Å². The van der Waals surface area contributed by atoms with Crippen molar-refractivity contribution < 1.29 is 14.3 Å². The second-order valence-corrected chi connectivity index (χ2v) is 7.00. The number of rotatable bonds is 6. The number of nitrogens with one attached hydrogen (secondary N) is 2. The van der Waals surface area contributed by atoms with Crippen molar-refractivity contribution in [1.82, 2.24) is 15.6 Å². The Hall–Kier alpha value is -1.95. The van der Waals surface area contributed by atoms with Crippen LogP contribution in [0.15, 0.2) is 24.5 Å². The molecule has 2 N–H and O–H groups in total. The highest BCUT2D eigenvalue weighted by molar-refractivity contribution is 5.81. The number of hydrogen-bond donors (Lipinski definition) is 2. The molecule has 136 valence electrons. The molecule has 25 heavy (non-hydrogen) atoms. The molecular formula is C19H27N3O3. The van der Waals surface area contributed by atoms with Gasteiger partial charge in [-0.2, -0.15) is 0 Å². The second kappa shape index (κ2) is 8.94. The van der Waals surface area contributed by atoms with E-state index in [2.05, 4.69) is 15.6 Å². The summed E-state index contributed by atoms with van der Waals surface area (Å²) < 4.78 is 5.53. The molecule has 1 saturated heterocycles. The zero-order valence-electron chi connectivity index (χ0n) is 14.6. The minimum atomic E-state index is 0.0176. The van der Waals surface area contributed by atoms with E-state index in [1.807, 2.05) is 12.1 Å². The average molecular weight is 345 g/mol. The maximum atomic E-state index is 12.3. The smallest absolute Gasteiger partial charge is 0.223 e. The molecule has 1 aromatic rings. The molecule has 1 unspecified atom stereocenters. The first-order valence-electron chi connectivity index (χ1n) is 9.28. The third-order valence-corrected chi connectivity index (χ3v) is 5.21. The van der Waals surface area contributed by atoms with Gasteiger partial charge in [0.2, 0.25) is 11.8 Å². The summed E-state index contributed by atoms with van der Waals surface area (Å²) in [6.07, 6.45) is 8.86. The number of carbonyl (C=O) groups excluding carboxylic acids is 2. The lowest BCUT2D eigenvalue weighted by Crippen LogP contribution is -2.39. The van der Waals surface area contributed by atoms with Crippen LogP contribution in [0.2, 0.25) is 0 Å². The van der Waals surface area contributed by atoms with Gasteiger partial charge in [-0.1, -0.05) is 0 Å². The van der Waals surface area contributed by atoms with Gasteiger partial charge in [-0.25, -0.2) is 0 Å². The summed E-state index contributed by atoms with van der Waals surface area (Å²) in [4.78, 5) is 28.5. The highest BCUT2D eigenvalue weighted by Crippen LogP contribution is 2.29. The van der Waals surface area contributed by atoms with E-state index in [-0.39, 0.29) is 29.8 Å². The van der Waals surface area contributed by atoms with Crippen molar-refractivity contribution in [3.8, 4) is 0 Å². The van der Waals surface area contributed by atoms with Gasteiger partial charge in [-0.15, -0.1) is 0 Å². The van der Waals surface area contributed by atoms with E-state index < -0.39 is 0 Å². The quantitative estimate of drug-likeness (QED) is 0.824. The maximum absolute atomic E-state index is 12.3. The molecule has 6 nitrogen and oxygen atoms in total. The number of amides is 2. The van der Waals surface area contributed by atoms with Crippen LogP contribution in [0, 0.1) is 11.8 Å². The normalized spacial score (nSPS) is 26.2. The fourth-order valence-electron chi connectivity index (χ4n) is 3.62. The zero-order chi connectivity index (χ0) is 17.5. The first-order chi connectivity index (χ1) is 12.2. The van der Waals surface area contributed by atoms with Crippen molar-refractivity contribution in [2.45, 2.75) is 51.2 Å². The maximum Gasteiger partial charge on any atom is 0.223 e. The molecule has 1 aliphatic heterocycles. The predicted molar refractivity (Wildman–Crippen MR) is 93.5 cm³/mol. The zero-order valence-corrected chi connectivity index (χ0v) is 14.6. The summed E-state index contributed by atoms with van der Waals surface area (Å²) in [5.41, 5.74) is 1.05. The second-order valence-electron chi connectivity index (χ2n) is 7.00. The van der Waals surface area contributed by atoms with Crippen LogP contribution in [0.1, 0.15) is 44.1 Å². The van der Waals surface area contributed by atoms with E-state index >= 15 is 0 Å². The van der Waals surface area contributed by atoms with Crippen LogP contribution in [0.25, 0.3) is 0 Å². The molecule has 0 bridgehead atoms. The Bertz CT molecular complexity index is 565. The SMILES string of the molecule is O=C(NCc1ccncc1)C1CCC(C(=O)NCC2CCCO2)CC1. The molecule has 0 aromatic carbocycles. The average Bonchev–Trinajstić information content (AvgIpc) is 3.19. The minimum Gasteiger partial charge on any atom is -0.376 e. The Morgan fingerprint density at radius 1 is 1.00 bits per heavy atom. The third-order valence-electron chi connectivity index (χ3n) is 5.21.